The van der Waals surface area contributed by atoms with Crippen molar-refractivity contribution in [1.29, 1.82) is 0 Å². The first kappa shape index (κ1) is 7.08. The molecule has 0 radical (unpaired) electrons. The summed E-state index contributed by atoms with van der Waals surface area (Å²) < 4.78 is 0. The van der Waals surface area contributed by atoms with E-state index in [1.165, 1.54) is 0 Å². The molecule has 0 aliphatic heterocycles. The predicted molar refractivity (Wildman–Crippen MR) is 37.7 cm³/mol. The van der Waals surface area contributed by atoms with Crippen molar-refractivity contribution in [1.82, 2.24) is 0 Å². The van der Waals surface area contributed by atoms with Gasteiger partial charge in [0.05, 0.1) is 0 Å². The molecule has 0 saturated carbocycles. The maximum atomic E-state index is 3.82. The summed E-state index contributed by atoms with van der Waals surface area (Å²) in [5.41, 5.74) is 0. The highest BCUT2D eigenvalue weighted by molar-refractivity contribution is 6.16. The minimum Gasteiger partial charge on any atom is -0.295 e. The third-order valence-corrected chi connectivity index (χ3v) is 0.537. The van der Waals surface area contributed by atoms with Crippen LogP contribution in [0, 0.1) is 0 Å². The molecular weight excluding hydrogens is 100 g/mol. The van der Waals surface area contributed by atoms with Crippen LogP contribution in [-0.2, 0) is 0 Å². The molecule has 2 heteroatoms. The molecule has 0 heterocycles. The molecule has 8 heavy (non-hydrogen) atoms. The molecule has 0 spiro atoms. The normalized spacial score (nSPS) is 12.8. The summed E-state index contributed by atoms with van der Waals surface area (Å²) in [4.78, 5) is 7.52. The maximum absolute atomic E-state index is 3.82. The molecule has 0 aliphatic carbocycles. The molecule has 0 amide bonds. The molecule has 0 aromatic rings. The molecular formula is C6H10N2. The van der Waals surface area contributed by atoms with Crippen molar-refractivity contribution in [2.24, 2.45) is 9.98 Å². The fraction of sp³-hybridized carbons (Fsp3) is 0.333. The Morgan fingerprint density at radius 3 is 2.50 bits per heavy atom. The van der Waals surface area contributed by atoms with Crippen molar-refractivity contribution < 1.29 is 0 Å². The van der Waals surface area contributed by atoms with E-state index in [0.717, 1.165) is 0 Å². The number of nitrogens with zero attached hydrogens (tertiary/aromatic N) is 2. The highest BCUT2D eigenvalue weighted by Crippen LogP contribution is 1.67. The van der Waals surface area contributed by atoms with Crippen molar-refractivity contribution in [2.75, 3.05) is 7.05 Å². The van der Waals surface area contributed by atoms with Crippen molar-refractivity contribution in [3.63, 3.8) is 0 Å². The van der Waals surface area contributed by atoms with Crippen molar-refractivity contribution >= 4 is 12.4 Å². The molecule has 0 aromatic carbocycles. The first-order valence-electron chi connectivity index (χ1n) is 2.47. The summed E-state index contributed by atoms with van der Waals surface area (Å²) in [6.07, 6.45) is 6.85. The Balaban J connectivity index is 3.35. The predicted octanol–water partition coefficient (Wildman–Crippen LogP) is 1.29. The molecule has 0 atom stereocenters. The Bertz CT molecular complexity index is 97.7. The minimum absolute atomic E-state index is 1.64. The second-order valence-corrected chi connectivity index (χ2v) is 1.19. The number of hydrogen-bond donors (Lipinski definition) is 0. The van der Waals surface area contributed by atoms with Crippen LogP contribution < -0.4 is 0 Å². The number of rotatable bonds is 2. The van der Waals surface area contributed by atoms with E-state index in [-0.39, 0.29) is 0 Å². The Morgan fingerprint density at radius 2 is 2.00 bits per heavy atom. The Morgan fingerprint density at radius 1 is 1.25 bits per heavy atom. The van der Waals surface area contributed by atoms with Gasteiger partial charge in [0, 0.05) is 25.7 Å². The molecule has 0 N–H and O–H groups in total. The van der Waals surface area contributed by atoms with E-state index in [1.807, 2.05) is 13.0 Å². The molecule has 44 valence electrons. The van der Waals surface area contributed by atoms with Gasteiger partial charge < -0.3 is 0 Å². The molecule has 2 nitrogen and oxygen atoms in total. The van der Waals surface area contributed by atoms with Crippen molar-refractivity contribution in [3.05, 3.63) is 12.3 Å². The van der Waals surface area contributed by atoms with Gasteiger partial charge in [-0.2, -0.15) is 0 Å². The zero-order chi connectivity index (χ0) is 6.24. The smallest absolute Gasteiger partial charge is 0.0446 e. The van der Waals surface area contributed by atoms with Gasteiger partial charge in [-0.3, -0.25) is 9.98 Å². The lowest BCUT2D eigenvalue weighted by molar-refractivity contribution is 1.48. The van der Waals surface area contributed by atoms with E-state index >= 15 is 0 Å². The van der Waals surface area contributed by atoms with Crippen LogP contribution >= 0.6 is 0 Å². The molecule has 0 aromatic heterocycles. The van der Waals surface area contributed by atoms with Crippen LogP contribution in [0.5, 0.6) is 0 Å². The third kappa shape index (κ3) is 5.08. The quantitative estimate of drug-likeness (QED) is 0.478. The summed E-state index contributed by atoms with van der Waals surface area (Å²) in [7, 11) is 1.71. The fourth-order valence-corrected chi connectivity index (χ4v) is 0.241. The van der Waals surface area contributed by atoms with Crippen LogP contribution in [0.2, 0.25) is 0 Å². The van der Waals surface area contributed by atoms with Crippen LogP contribution in [0.15, 0.2) is 22.3 Å². The molecule has 0 saturated heterocycles. The average Bonchev–Trinajstić information content (AvgIpc) is 1.81. The highest BCUT2D eigenvalue weighted by atomic mass is 14.7. The van der Waals surface area contributed by atoms with Gasteiger partial charge in [-0.05, 0) is 6.92 Å². The van der Waals surface area contributed by atoms with Crippen LogP contribution in [0.3, 0.4) is 0 Å². The van der Waals surface area contributed by atoms with E-state index in [1.54, 1.807) is 25.7 Å². The molecule has 0 unspecified atom stereocenters. The molecule has 0 aliphatic rings. The van der Waals surface area contributed by atoms with E-state index < -0.39 is 0 Å². The highest BCUT2D eigenvalue weighted by Gasteiger charge is 1.56. The van der Waals surface area contributed by atoms with E-state index in [0.29, 0.717) is 0 Å². The zero-order valence-corrected chi connectivity index (χ0v) is 5.20. The van der Waals surface area contributed by atoms with Gasteiger partial charge in [0.1, 0.15) is 0 Å². The summed E-state index contributed by atoms with van der Waals surface area (Å²) in [5, 5.41) is 0. The van der Waals surface area contributed by atoms with Gasteiger partial charge in [0.15, 0.2) is 0 Å². The van der Waals surface area contributed by atoms with Crippen molar-refractivity contribution in [3.8, 4) is 0 Å². The summed E-state index contributed by atoms with van der Waals surface area (Å²) >= 11 is 0. The number of hydrogen-bond acceptors (Lipinski definition) is 2. The topological polar surface area (TPSA) is 24.7 Å². The SMILES string of the molecule is CC=CN=CC=NC. The largest absolute Gasteiger partial charge is 0.295 e. The number of aliphatic imine (C=N–C) groups is 2. The summed E-state index contributed by atoms with van der Waals surface area (Å²) in [6, 6.07) is 0. The summed E-state index contributed by atoms with van der Waals surface area (Å²) in [6.45, 7) is 1.92. The first-order valence-corrected chi connectivity index (χ1v) is 2.47. The Hall–Kier alpha value is -0.920. The van der Waals surface area contributed by atoms with Crippen LogP contribution in [-0.4, -0.2) is 19.5 Å². The van der Waals surface area contributed by atoms with Gasteiger partial charge in [0.25, 0.3) is 0 Å². The molecule has 0 rings (SSSR count). The number of allylic oxidation sites excluding steroid dienone is 1. The monoisotopic (exact) mass is 110 g/mol. The van der Waals surface area contributed by atoms with Gasteiger partial charge in [-0.15, -0.1) is 0 Å². The molecule has 0 fully saturated rings. The van der Waals surface area contributed by atoms with Gasteiger partial charge in [-0.25, -0.2) is 0 Å². The van der Waals surface area contributed by atoms with Gasteiger partial charge in [0.2, 0.25) is 0 Å². The van der Waals surface area contributed by atoms with E-state index in [4.69, 9.17) is 0 Å². The van der Waals surface area contributed by atoms with Crippen LogP contribution in [0.1, 0.15) is 6.92 Å². The van der Waals surface area contributed by atoms with Gasteiger partial charge in [-0.1, -0.05) is 6.08 Å². The second-order valence-electron chi connectivity index (χ2n) is 1.19. The van der Waals surface area contributed by atoms with E-state index in [9.17, 15) is 0 Å². The zero-order valence-electron chi connectivity index (χ0n) is 5.20. The lowest BCUT2D eigenvalue weighted by Gasteiger charge is -1.69. The Labute approximate surface area is 49.7 Å². The second kappa shape index (κ2) is 6.08. The lowest BCUT2D eigenvalue weighted by atomic mass is 10.7. The average molecular weight is 110 g/mol. The maximum Gasteiger partial charge on any atom is 0.0446 e. The third-order valence-electron chi connectivity index (χ3n) is 0.537. The standard InChI is InChI=1S/C6H10N2/c1-3-4-8-6-5-7-2/h3-6H,1-2H3. The fourth-order valence-electron chi connectivity index (χ4n) is 0.241. The van der Waals surface area contributed by atoms with Gasteiger partial charge >= 0.3 is 0 Å². The lowest BCUT2D eigenvalue weighted by Crippen LogP contribution is -1.69. The van der Waals surface area contributed by atoms with Crippen molar-refractivity contribution in [2.45, 2.75) is 6.92 Å². The first-order chi connectivity index (χ1) is 3.91. The Kier molecular flexibility index (Phi) is 5.38. The minimum atomic E-state index is 1.64. The van der Waals surface area contributed by atoms with E-state index in [2.05, 4.69) is 9.98 Å². The van der Waals surface area contributed by atoms with Crippen LogP contribution in [0.25, 0.3) is 0 Å². The molecule has 0 bridgehead atoms. The summed E-state index contributed by atoms with van der Waals surface area (Å²) in [5.74, 6) is 0. The van der Waals surface area contributed by atoms with Crippen LogP contribution in [0.4, 0.5) is 0 Å².